The van der Waals surface area contributed by atoms with Gasteiger partial charge in [-0.25, -0.2) is 0 Å². The molecule has 0 aliphatic carbocycles. The summed E-state index contributed by atoms with van der Waals surface area (Å²) in [5, 5.41) is 11.9. The van der Waals surface area contributed by atoms with Crippen molar-refractivity contribution in [3.8, 4) is 0 Å². The second-order valence-corrected chi connectivity index (χ2v) is 6.97. The zero-order chi connectivity index (χ0) is 14.1. The second kappa shape index (κ2) is 5.23. The molecule has 0 spiro atoms. The molecule has 0 radical (unpaired) electrons. The molecule has 0 aliphatic rings. The van der Waals surface area contributed by atoms with Crippen LogP contribution in [0, 0.1) is 0 Å². The number of ether oxygens (including phenoxy) is 1. The fourth-order valence-electron chi connectivity index (χ4n) is 2.02. The zero-order valence-electron chi connectivity index (χ0n) is 12.1. The Morgan fingerprint density at radius 2 is 1.84 bits per heavy atom. The van der Waals surface area contributed by atoms with Crippen LogP contribution in [0.4, 0.5) is 0 Å². The van der Waals surface area contributed by atoms with Crippen LogP contribution < -0.4 is 0 Å². The van der Waals surface area contributed by atoms with Crippen LogP contribution in [-0.4, -0.2) is 17.8 Å². The van der Waals surface area contributed by atoms with E-state index in [0.717, 1.165) is 11.3 Å². The van der Waals surface area contributed by atoms with Gasteiger partial charge in [0.05, 0.1) is 11.2 Å². The first-order valence-electron chi connectivity index (χ1n) is 6.61. The van der Waals surface area contributed by atoms with Crippen LogP contribution in [0.25, 0.3) is 10.1 Å². The van der Waals surface area contributed by atoms with Crippen LogP contribution in [0.15, 0.2) is 30.3 Å². The molecule has 1 unspecified atom stereocenters. The molecule has 0 saturated heterocycles. The number of fused-ring (bicyclic) bond motifs is 1. The van der Waals surface area contributed by atoms with Crippen LogP contribution in [0.3, 0.4) is 0 Å². The van der Waals surface area contributed by atoms with Crippen molar-refractivity contribution in [2.45, 2.75) is 44.8 Å². The van der Waals surface area contributed by atoms with Gasteiger partial charge >= 0.3 is 0 Å². The molecule has 2 aromatic rings. The number of aliphatic hydroxyl groups is 1. The Kier molecular flexibility index (Phi) is 4.00. The van der Waals surface area contributed by atoms with E-state index in [9.17, 15) is 5.11 Å². The summed E-state index contributed by atoms with van der Waals surface area (Å²) in [6.45, 7) is 5.99. The Labute approximate surface area is 119 Å². The minimum Gasteiger partial charge on any atom is -0.385 e. The highest BCUT2D eigenvalue weighted by Gasteiger charge is 2.28. The lowest BCUT2D eigenvalue weighted by Gasteiger charge is -2.28. The molecule has 0 aliphatic heterocycles. The van der Waals surface area contributed by atoms with Gasteiger partial charge in [-0.05, 0) is 51.1 Å². The molecule has 3 heteroatoms. The highest BCUT2D eigenvalue weighted by Crippen LogP contribution is 2.37. The van der Waals surface area contributed by atoms with Gasteiger partial charge in [0.1, 0.15) is 0 Å². The molecule has 0 saturated carbocycles. The van der Waals surface area contributed by atoms with Crippen molar-refractivity contribution in [2.75, 3.05) is 7.11 Å². The molecule has 1 aromatic heterocycles. The third-order valence-electron chi connectivity index (χ3n) is 3.72. The molecular weight excluding hydrogens is 256 g/mol. The van der Waals surface area contributed by atoms with E-state index in [1.165, 1.54) is 10.1 Å². The van der Waals surface area contributed by atoms with Gasteiger partial charge in [-0.1, -0.05) is 18.2 Å². The van der Waals surface area contributed by atoms with Crippen LogP contribution in [0.1, 0.15) is 38.5 Å². The van der Waals surface area contributed by atoms with E-state index in [1.807, 2.05) is 32.9 Å². The molecule has 0 bridgehead atoms. The van der Waals surface area contributed by atoms with Gasteiger partial charge in [-0.2, -0.15) is 0 Å². The van der Waals surface area contributed by atoms with Gasteiger partial charge in [0, 0.05) is 16.7 Å². The highest BCUT2D eigenvalue weighted by molar-refractivity contribution is 7.19. The Morgan fingerprint density at radius 1 is 1.16 bits per heavy atom. The normalized spacial score (nSPS) is 15.6. The molecule has 1 atom stereocenters. The summed E-state index contributed by atoms with van der Waals surface area (Å²) in [6, 6.07) is 10.3. The van der Waals surface area contributed by atoms with E-state index < -0.39 is 5.60 Å². The monoisotopic (exact) mass is 278 g/mol. The maximum absolute atomic E-state index is 10.7. The molecule has 1 N–H and O–H groups in total. The molecule has 104 valence electrons. The first-order valence-corrected chi connectivity index (χ1v) is 7.42. The molecule has 2 nitrogen and oxygen atoms in total. The van der Waals surface area contributed by atoms with Gasteiger partial charge < -0.3 is 9.84 Å². The van der Waals surface area contributed by atoms with E-state index in [1.54, 1.807) is 18.4 Å². The van der Waals surface area contributed by atoms with Gasteiger partial charge in [-0.3, -0.25) is 0 Å². The summed E-state index contributed by atoms with van der Waals surface area (Å²) < 4.78 is 6.65. The van der Waals surface area contributed by atoms with Gasteiger partial charge in [0.2, 0.25) is 0 Å². The molecule has 2 rings (SSSR count). The van der Waals surface area contributed by atoms with Crippen LogP contribution in [-0.2, 0) is 10.3 Å². The Bertz CT molecular complexity index is 522. The summed E-state index contributed by atoms with van der Waals surface area (Å²) in [6.07, 6.45) is 1.52. The summed E-state index contributed by atoms with van der Waals surface area (Å²) >= 11 is 1.67. The molecular formula is C16H22O2S. The third-order valence-corrected chi connectivity index (χ3v) is 5.09. The molecule has 0 fully saturated rings. The van der Waals surface area contributed by atoms with Crippen LogP contribution in [0.2, 0.25) is 0 Å². The smallest absolute Gasteiger partial charge is 0.0961 e. The number of methoxy groups -OCH3 is 1. The topological polar surface area (TPSA) is 29.5 Å². The Morgan fingerprint density at radius 3 is 2.47 bits per heavy atom. The standard InChI is InChI=1S/C16H22O2S/c1-15(2,18-4)9-10-16(3,17)14-11-12-7-5-6-8-13(12)19-14/h5-8,11,17H,9-10H2,1-4H3. The quantitative estimate of drug-likeness (QED) is 0.883. The summed E-state index contributed by atoms with van der Waals surface area (Å²) in [5.41, 5.74) is -0.986. The SMILES string of the molecule is COC(C)(C)CCC(C)(O)c1cc2ccccc2s1. The minimum atomic E-state index is -0.792. The van der Waals surface area contributed by atoms with Crippen LogP contribution in [0.5, 0.6) is 0 Å². The largest absolute Gasteiger partial charge is 0.385 e. The molecule has 19 heavy (non-hydrogen) atoms. The van der Waals surface area contributed by atoms with E-state index in [2.05, 4.69) is 18.2 Å². The van der Waals surface area contributed by atoms with Crippen molar-refractivity contribution in [3.05, 3.63) is 35.2 Å². The fraction of sp³-hybridized carbons (Fsp3) is 0.500. The van der Waals surface area contributed by atoms with Crippen molar-refractivity contribution >= 4 is 21.4 Å². The van der Waals surface area contributed by atoms with Crippen molar-refractivity contribution in [1.82, 2.24) is 0 Å². The lowest BCUT2D eigenvalue weighted by molar-refractivity contribution is -0.0198. The average Bonchev–Trinajstić information content (AvgIpc) is 2.81. The van der Waals surface area contributed by atoms with Gasteiger partial charge in [0.25, 0.3) is 0 Å². The number of benzene rings is 1. The summed E-state index contributed by atoms with van der Waals surface area (Å²) in [5.74, 6) is 0. The van der Waals surface area contributed by atoms with E-state index >= 15 is 0 Å². The van der Waals surface area contributed by atoms with Crippen molar-refractivity contribution < 1.29 is 9.84 Å². The first-order chi connectivity index (χ1) is 8.84. The van der Waals surface area contributed by atoms with E-state index in [4.69, 9.17) is 4.74 Å². The molecule has 1 heterocycles. The van der Waals surface area contributed by atoms with Crippen LogP contribution >= 0.6 is 11.3 Å². The number of hydrogen-bond acceptors (Lipinski definition) is 3. The van der Waals surface area contributed by atoms with Crippen molar-refractivity contribution in [1.29, 1.82) is 0 Å². The number of rotatable bonds is 5. The zero-order valence-corrected chi connectivity index (χ0v) is 12.9. The third kappa shape index (κ3) is 3.35. The van der Waals surface area contributed by atoms with Crippen molar-refractivity contribution in [3.63, 3.8) is 0 Å². The van der Waals surface area contributed by atoms with E-state index in [-0.39, 0.29) is 5.60 Å². The number of thiophene rings is 1. The lowest BCUT2D eigenvalue weighted by Crippen LogP contribution is -2.28. The lowest BCUT2D eigenvalue weighted by atomic mass is 9.91. The second-order valence-electron chi connectivity index (χ2n) is 5.89. The highest BCUT2D eigenvalue weighted by atomic mass is 32.1. The van der Waals surface area contributed by atoms with Gasteiger partial charge in [0.15, 0.2) is 0 Å². The predicted octanol–water partition coefficient (Wildman–Crippen LogP) is 4.31. The summed E-state index contributed by atoms with van der Waals surface area (Å²) in [7, 11) is 1.72. The fourth-order valence-corrected chi connectivity index (χ4v) is 3.15. The summed E-state index contributed by atoms with van der Waals surface area (Å²) in [4.78, 5) is 1.03. The average molecular weight is 278 g/mol. The molecule has 0 amide bonds. The maximum Gasteiger partial charge on any atom is 0.0961 e. The predicted molar refractivity (Wildman–Crippen MR) is 81.7 cm³/mol. The van der Waals surface area contributed by atoms with Gasteiger partial charge in [-0.15, -0.1) is 11.3 Å². The Hall–Kier alpha value is -0.900. The minimum absolute atomic E-state index is 0.194. The van der Waals surface area contributed by atoms with Crippen molar-refractivity contribution in [2.24, 2.45) is 0 Å². The maximum atomic E-state index is 10.7. The first kappa shape index (κ1) is 14.5. The molecule has 1 aromatic carbocycles. The Balaban J connectivity index is 2.19. The van der Waals surface area contributed by atoms with E-state index in [0.29, 0.717) is 6.42 Å². The number of hydrogen-bond donors (Lipinski definition) is 1.